The van der Waals surface area contributed by atoms with Crippen LogP contribution in [-0.2, 0) is 23.2 Å². The van der Waals surface area contributed by atoms with Crippen molar-refractivity contribution in [2.75, 3.05) is 6.54 Å². The largest absolute Gasteiger partial charge is 0.390 e. The molecule has 86 valence electrons. The van der Waals surface area contributed by atoms with E-state index >= 15 is 0 Å². The molecule has 0 bridgehead atoms. The molecular weight excluding hydrogens is 216 g/mol. The Bertz CT molecular complexity index is 401. The van der Waals surface area contributed by atoms with E-state index < -0.39 is 10.0 Å². The van der Waals surface area contributed by atoms with Crippen molar-refractivity contribution in [3.05, 3.63) is 18.0 Å². The highest BCUT2D eigenvalue weighted by atomic mass is 32.2. The predicted octanol–water partition coefficient (Wildman–Crippen LogP) is 0.298. The summed E-state index contributed by atoms with van der Waals surface area (Å²) in [6, 6.07) is 1.49. The summed E-state index contributed by atoms with van der Waals surface area (Å²) in [4.78, 5) is 0.204. The molecule has 0 aliphatic carbocycles. The third-order valence-corrected chi connectivity index (χ3v) is 3.62. The number of nitrogens with zero attached hydrogens (tertiary/aromatic N) is 1. The van der Waals surface area contributed by atoms with Gasteiger partial charge in [0.25, 0.3) is 0 Å². The van der Waals surface area contributed by atoms with E-state index in [1.807, 2.05) is 6.92 Å². The van der Waals surface area contributed by atoms with E-state index in [0.29, 0.717) is 18.8 Å². The van der Waals surface area contributed by atoms with Gasteiger partial charge in [-0.1, -0.05) is 6.92 Å². The molecule has 1 aromatic heterocycles. The molecule has 1 rings (SSSR count). The van der Waals surface area contributed by atoms with Crippen LogP contribution in [0, 0.1) is 0 Å². The average Bonchev–Trinajstić information content (AvgIpc) is 2.61. The molecule has 5 nitrogen and oxygen atoms in total. The SMILES string of the molecule is CCNS(=O)(=O)c1cc(CO)n(CC)c1. The van der Waals surface area contributed by atoms with Crippen molar-refractivity contribution in [1.29, 1.82) is 0 Å². The molecule has 0 unspecified atom stereocenters. The number of aromatic nitrogens is 1. The summed E-state index contributed by atoms with van der Waals surface area (Å²) in [5, 5.41) is 9.02. The third-order valence-electron chi connectivity index (χ3n) is 2.11. The first-order chi connectivity index (χ1) is 7.05. The molecule has 0 atom stereocenters. The Morgan fingerprint density at radius 3 is 2.53 bits per heavy atom. The highest BCUT2D eigenvalue weighted by Gasteiger charge is 2.16. The fourth-order valence-corrected chi connectivity index (χ4v) is 2.48. The Balaban J connectivity index is 3.11. The van der Waals surface area contributed by atoms with Gasteiger partial charge in [-0.3, -0.25) is 0 Å². The van der Waals surface area contributed by atoms with Gasteiger partial charge in [-0.05, 0) is 13.0 Å². The second-order valence-electron chi connectivity index (χ2n) is 3.11. The van der Waals surface area contributed by atoms with Crippen molar-refractivity contribution in [1.82, 2.24) is 9.29 Å². The van der Waals surface area contributed by atoms with Gasteiger partial charge in [0.2, 0.25) is 10.0 Å². The molecule has 0 radical (unpaired) electrons. The van der Waals surface area contributed by atoms with Crippen LogP contribution in [0.4, 0.5) is 0 Å². The number of aliphatic hydroxyl groups excluding tert-OH is 1. The van der Waals surface area contributed by atoms with Gasteiger partial charge < -0.3 is 9.67 Å². The first-order valence-corrected chi connectivity index (χ1v) is 6.33. The lowest BCUT2D eigenvalue weighted by Crippen LogP contribution is -2.22. The number of rotatable bonds is 5. The van der Waals surface area contributed by atoms with E-state index in [1.54, 1.807) is 11.5 Å². The molecule has 0 saturated carbocycles. The van der Waals surface area contributed by atoms with Crippen LogP contribution in [0.25, 0.3) is 0 Å². The summed E-state index contributed by atoms with van der Waals surface area (Å²) in [6.45, 7) is 4.45. The molecule has 1 aromatic rings. The zero-order valence-corrected chi connectivity index (χ0v) is 9.71. The molecule has 2 N–H and O–H groups in total. The molecule has 0 amide bonds. The number of sulfonamides is 1. The summed E-state index contributed by atoms with van der Waals surface area (Å²) >= 11 is 0. The van der Waals surface area contributed by atoms with E-state index in [2.05, 4.69) is 4.72 Å². The zero-order valence-electron chi connectivity index (χ0n) is 8.90. The molecule has 15 heavy (non-hydrogen) atoms. The van der Waals surface area contributed by atoms with Crippen LogP contribution in [0.3, 0.4) is 0 Å². The molecule has 0 aromatic carbocycles. The smallest absolute Gasteiger partial charge is 0.242 e. The molecule has 0 spiro atoms. The monoisotopic (exact) mass is 232 g/mol. The van der Waals surface area contributed by atoms with Gasteiger partial charge in [0.05, 0.1) is 11.5 Å². The number of aryl methyl sites for hydroxylation is 1. The maximum Gasteiger partial charge on any atom is 0.242 e. The second kappa shape index (κ2) is 4.78. The first-order valence-electron chi connectivity index (χ1n) is 4.84. The van der Waals surface area contributed by atoms with Crippen LogP contribution < -0.4 is 4.72 Å². The highest BCUT2D eigenvalue weighted by Crippen LogP contribution is 2.14. The Labute approximate surface area is 89.8 Å². The first kappa shape index (κ1) is 12.2. The quantitative estimate of drug-likeness (QED) is 0.767. The highest BCUT2D eigenvalue weighted by molar-refractivity contribution is 7.89. The number of nitrogens with one attached hydrogen (secondary N) is 1. The molecular formula is C9H16N2O3S. The van der Waals surface area contributed by atoms with Gasteiger partial charge >= 0.3 is 0 Å². The van der Waals surface area contributed by atoms with E-state index in [1.165, 1.54) is 12.3 Å². The number of hydrogen-bond donors (Lipinski definition) is 2. The summed E-state index contributed by atoms with van der Waals surface area (Å²) in [5.74, 6) is 0. The molecule has 6 heteroatoms. The van der Waals surface area contributed by atoms with Crippen molar-refractivity contribution >= 4 is 10.0 Å². The minimum Gasteiger partial charge on any atom is -0.390 e. The van der Waals surface area contributed by atoms with Crippen LogP contribution in [0.1, 0.15) is 19.5 Å². The van der Waals surface area contributed by atoms with E-state index in [-0.39, 0.29) is 11.5 Å². The molecule has 0 fully saturated rings. The maximum absolute atomic E-state index is 11.6. The van der Waals surface area contributed by atoms with Crippen LogP contribution >= 0.6 is 0 Å². The molecule has 0 aliphatic heterocycles. The lowest BCUT2D eigenvalue weighted by molar-refractivity contribution is 0.271. The third kappa shape index (κ3) is 2.58. The predicted molar refractivity (Wildman–Crippen MR) is 56.9 cm³/mol. The van der Waals surface area contributed by atoms with Crippen LogP contribution in [-0.4, -0.2) is 24.6 Å². The van der Waals surface area contributed by atoms with Crippen molar-refractivity contribution < 1.29 is 13.5 Å². The minimum atomic E-state index is -3.41. The maximum atomic E-state index is 11.6. The zero-order chi connectivity index (χ0) is 11.5. The van der Waals surface area contributed by atoms with Crippen LogP contribution in [0.15, 0.2) is 17.2 Å². The van der Waals surface area contributed by atoms with E-state index in [9.17, 15) is 8.42 Å². The minimum absolute atomic E-state index is 0.157. The van der Waals surface area contributed by atoms with Gasteiger partial charge in [0, 0.05) is 25.0 Å². The summed E-state index contributed by atoms with van der Waals surface area (Å²) in [7, 11) is -3.41. The summed E-state index contributed by atoms with van der Waals surface area (Å²) in [5.41, 5.74) is 0.606. The van der Waals surface area contributed by atoms with E-state index in [0.717, 1.165) is 0 Å². The topological polar surface area (TPSA) is 71.3 Å². The van der Waals surface area contributed by atoms with Crippen LogP contribution in [0.5, 0.6) is 0 Å². The van der Waals surface area contributed by atoms with Crippen molar-refractivity contribution in [3.63, 3.8) is 0 Å². The molecule has 0 saturated heterocycles. The lowest BCUT2D eigenvalue weighted by atomic mass is 10.4. The Morgan fingerprint density at radius 1 is 1.47 bits per heavy atom. The van der Waals surface area contributed by atoms with Crippen molar-refractivity contribution in [3.8, 4) is 0 Å². The van der Waals surface area contributed by atoms with Gasteiger partial charge in [-0.2, -0.15) is 0 Å². The Hall–Kier alpha value is -0.850. The molecule has 1 heterocycles. The summed E-state index contributed by atoms with van der Waals surface area (Å²) in [6.07, 6.45) is 1.53. The summed E-state index contributed by atoms with van der Waals surface area (Å²) < 4.78 is 27.4. The fraction of sp³-hybridized carbons (Fsp3) is 0.556. The second-order valence-corrected chi connectivity index (χ2v) is 4.88. The van der Waals surface area contributed by atoms with Crippen molar-refractivity contribution in [2.45, 2.75) is 31.9 Å². The van der Waals surface area contributed by atoms with E-state index in [4.69, 9.17) is 5.11 Å². The van der Waals surface area contributed by atoms with Gasteiger partial charge in [-0.25, -0.2) is 13.1 Å². The standard InChI is InChI=1S/C9H16N2O3S/c1-3-10-15(13,14)9-5-8(7-12)11(4-2)6-9/h5-6,10,12H,3-4,7H2,1-2H3. The average molecular weight is 232 g/mol. The normalized spacial score (nSPS) is 11.9. The van der Waals surface area contributed by atoms with Gasteiger partial charge in [-0.15, -0.1) is 0 Å². The van der Waals surface area contributed by atoms with Gasteiger partial charge in [0.1, 0.15) is 0 Å². The van der Waals surface area contributed by atoms with Crippen molar-refractivity contribution in [2.24, 2.45) is 0 Å². The number of hydrogen-bond acceptors (Lipinski definition) is 3. The Morgan fingerprint density at radius 2 is 2.13 bits per heavy atom. The molecule has 0 aliphatic rings. The van der Waals surface area contributed by atoms with Gasteiger partial charge in [0.15, 0.2) is 0 Å². The fourth-order valence-electron chi connectivity index (χ4n) is 1.37. The number of aliphatic hydroxyl groups is 1. The Kier molecular flexibility index (Phi) is 3.90. The lowest BCUT2D eigenvalue weighted by Gasteiger charge is -2.01. The van der Waals surface area contributed by atoms with Crippen LogP contribution in [0.2, 0.25) is 0 Å².